The van der Waals surface area contributed by atoms with Gasteiger partial charge in [-0.15, -0.1) is 0 Å². The van der Waals surface area contributed by atoms with Gasteiger partial charge in [0, 0.05) is 17.2 Å². The van der Waals surface area contributed by atoms with Crippen molar-refractivity contribution < 1.29 is 21.6 Å². The molecular weight excluding hydrogens is 338 g/mol. The third kappa shape index (κ3) is 6.15. The van der Waals surface area contributed by atoms with Gasteiger partial charge in [-0.2, -0.15) is 0 Å². The van der Waals surface area contributed by atoms with Crippen molar-refractivity contribution in [3.63, 3.8) is 0 Å². The summed E-state index contributed by atoms with van der Waals surface area (Å²) in [5.41, 5.74) is 0.831. The van der Waals surface area contributed by atoms with Crippen LogP contribution in [-0.4, -0.2) is 36.6 Å². The van der Waals surface area contributed by atoms with E-state index in [1.165, 1.54) is 18.2 Å². The third-order valence-electron chi connectivity index (χ3n) is 2.28. The van der Waals surface area contributed by atoms with E-state index in [-0.39, 0.29) is 22.9 Å². The molecule has 0 unspecified atom stereocenters. The lowest BCUT2D eigenvalue weighted by atomic mass is 10.4. The van der Waals surface area contributed by atoms with Gasteiger partial charge in [0.15, 0.2) is 0 Å². The first-order chi connectivity index (χ1) is 9.63. The van der Waals surface area contributed by atoms with Gasteiger partial charge in [-0.25, -0.2) is 21.6 Å². The molecule has 0 aliphatic carbocycles. The zero-order valence-corrected chi connectivity index (χ0v) is 13.8. The van der Waals surface area contributed by atoms with Gasteiger partial charge >= 0.3 is 0 Å². The molecule has 9 heteroatoms. The van der Waals surface area contributed by atoms with Gasteiger partial charge in [-0.05, 0) is 25.1 Å². The normalized spacial score (nSPS) is 12.3. The van der Waals surface area contributed by atoms with Crippen molar-refractivity contribution in [1.29, 1.82) is 0 Å². The Balaban J connectivity index is 2.73. The number of hydrogen-bond donors (Lipinski definition) is 1. The molecule has 0 aliphatic heterocycles. The molecule has 0 bridgehead atoms. The van der Waals surface area contributed by atoms with Crippen molar-refractivity contribution in [3.05, 3.63) is 36.4 Å². The Morgan fingerprint density at radius 1 is 1.29 bits per heavy atom. The van der Waals surface area contributed by atoms with Crippen LogP contribution in [0.2, 0.25) is 0 Å². The first-order valence-electron chi connectivity index (χ1n) is 5.89. The van der Waals surface area contributed by atoms with Crippen LogP contribution in [0, 0.1) is 0 Å². The minimum absolute atomic E-state index is 0.0630. The number of hydrogen-bond acceptors (Lipinski definition) is 5. The van der Waals surface area contributed by atoms with E-state index in [0.29, 0.717) is 6.61 Å². The number of rotatable bonds is 8. The van der Waals surface area contributed by atoms with Crippen molar-refractivity contribution in [1.82, 2.24) is 4.72 Å². The summed E-state index contributed by atoms with van der Waals surface area (Å²) in [6.45, 7) is 6.03. The predicted molar refractivity (Wildman–Crippen MR) is 80.3 cm³/mol. The van der Waals surface area contributed by atoms with Gasteiger partial charge in [0.1, 0.15) is 0 Å². The number of halogens is 1. The average Bonchev–Trinajstić information content (AvgIpc) is 2.37. The van der Waals surface area contributed by atoms with Crippen LogP contribution in [0.5, 0.6) is 0 Å². The summed E-state index contributed by atoms with van der Waals surface area (Å²) in [5, 5.41) is 0. The summed E-state index contributed by atoms with van der Waals surface area (Å²) in [7, 11) is -2.61. The molecule has 0 saturated heterocycles. The van der Waals surface area contributed by atoms with Crippen LogP contribution < -0.4 is 4.72 Å². The van der Waals surface area contributed by atoms with E-state index in [1.807, 2.05) is 0 Å². The van der Waals surface area contributed by atoms with Crippen LogP contribution in [0.1, 0.15) is 6.92 Å². The quantitative estimate of drug-likeness (QED) is 0.434. The lowest BCUT2D eigenvalue weighted by molar-refractivity contribution is 0.162. The molecule has 1 aromatic carbocycles. The largest absolute Gasteiger partial charge is 0.376 e. The summed E-state index contributed by atoms with van der Waals surface area (Å²) in [5.74, 6) is 0. The third-order valence-corrected chi connectivity index (χ3v) is 5.09. The maximum absolute atomic E-state index is 12.0. The number of benzene rings is 1. The van der Waals surface area contributed by atoms with Crippen LogP contribution in [-0.2, 0) is 23.8 Å². The van der Waals surface area contributed by atoms with Gasteiger partial charge in [-0.1, -0.05) is 18.2 Å². The monoisotopic (exact) mass is 353 g/mol. The summed E-state index contributed by atoms with van der Waals surface area (Å²) < 4.78 is 53.8. The summed E-state index contributed by atoms with van der Waals surface area (Å²) >= 11 is 0. The van der Waals surface area contributed by atoms with Gasteiger partial charge in [-0.3, -0.25) is 0 Å². The van der Waals surface area contributed by atoms with Crippen molar-refractivity contribution in [2.45, 2.75) is 16.7 Å². The maximum atomic E-state index is 12.0. The standard InChI is InChI=1S/C12H16ClNO5S2/c1-10(2)9-19-7-6-14-21(17,18)12-5-3-4-11(8-12)20(13,15)16/h3-5,8,14H,1,6-7,9H2,2H3. The minimum atomic E-state index is -3.98. The lowest BCUT2D eigenvalue weighted by Gasteiger charge is -2.08. The Morgan fingerprint density at radius 2 is 1.90 bits per heavy atom. The summed E-state index contributed by atoms with van der Waals surface area (Å²) in [4.78, 5) is -0.449. The zero-order valence-electron chi connectivity index (χ0n) is 11.4. The lowest BCUT2D eigenvalue weighted by Crippen LogP contribution is -2.27. The Labute approximate surface area is 129 Å². The first-order valence-corrected chi connectivity index (χ1v) is 9.69. The molecule has 6 nitrogen and oxygen atoms in total. The molecule has 0 aromatic heterocycles. The molecule has 1 aromatic rings. The molecular formula is C12H16ClNO5S2. The minimum Gasteiger partial charge on any atom is -0.376 e. The predicted octanol–water partition coefficient (Wildman–Crippen LogP) is 1.49. The molecule has 0 aliphatic rings. The second-order valence-electron chi connectivity index (χ2n) is 4.32. The summed E-state index contributed by atoms with van der Waals surface area (Å²) in [6.07, 6.45) is 0. The number of ether oxygens (including phenoxy) is 1. The van der Waals surface area contributed by atoms with E-state index in [2.05, 4.69) is 11.3 Å². The van der Waals surface area contributed by atoms with E-state index < -0.39 is 19.1 Å². The average molecular weight is 354 g/mol. The van der Waals surface area contributed by atoms with Crippen LogP contribution in [0.25, 0.3) is 0 Å². The van der Waals surface area contributed by atoms with E-state index in [9.17, 15) is 16.8 Å². The molecule has 0 amide bonds. The highest BCUT2D eigenvalue weighted by Gasteiger charge is 2.17. The second kappa shape index (κ2) is 7.37. The first kappa shape index (κ1) is 18.1. The molecule has 0 radical (unpaired) electrons. The van der Waals surface area contributed by atoms with Gasteiger partial charge in [0.25, 0.3) is 9.05 Å². The molecule has 0 fully saturated rings. The Kier molecular flexibility index (Phi) is 6.36. The fourth-order valence-corrected chi connectivity index (χ4v) is 3.30. The molecule has 0 heterocycles. The highest BCUT2D eigenvalue weighted by atomic mass is 35.7. The molecule has 1 rings (SSSR count). The zero-order chi connectivity index (χ0) is 16.1. The van der Waals surface area contributed by atoms with Crippen LogP contribution in [0.3, 0.4) is 0 Å². The molecule has 0 saturated carbocycles. The van der Waals surface area contributed by atoms with Gasteiger partial charge < -0.3 is 4.74 Å². The highest BCUT2D eigenvalue weighted by molar-refractivity contribution is 8.13. The number of sulfonamides is 1. The molecule has 21 heavy (non-hydrogen) atoms. The van der Waals surface area contributed by atoms with Crippen LogP contribution in [0.4, 0.5) is 0 Å². The number of nitrogens with one attached hydrogen (secondary N) is 1. The van der Waals surface area contributed by atoms with Gasteiger partial charge in [0.2, 0.25) is 10.0 Å². The molecule has 0 spiro atoms. The second-order valence-corrected chi connectivity index (χ2v) is 8.65. The SMILES string of the molecule is C=C(C)COCCNS(=O)(=O)c1cccc(S(=O)(=O)Cl)c1. The van der Waals surface area contributed by atoms with Gasteiger partial charge in [0.05, 0.1) is 23.0 Å². The van der Waals surface area contributed by atoms with Crippen molar-refractivity contribution in [2.24, 2.45) is 0 Å². The fourth-order valence-electron chi connectivity index (χ4n) is 1.37. The Bertz CT molecular complexity index is 713. The Hall–Kier alpha value is -0.930. The van der Waals surface area contributed by atoms with Crippen molar-refractivity contribution in [3.8, 4) is 0 Å². The van der Waals surface area contributed by atoms with E-state index >= 15 is 0 Å². The molecule has 0 atom stereocenters. The van der Waals surface area contributed by atoms with E-state index in [1.54, 1.807) is 6.92 Å². The molecule has 118 valence electrons. The van der Waals surface area contributed by atoms with E-state index in [0.717, 1.165) is 11.6 Å². The van der Waals surface area contributed by atoms with Crippen LogP contribution in [0.15, 0.2) is 46.2 Å². The van der Waals surface area contributed by atoms with Crippen LogP contribution >= 0.6 is 10.7 Å². The highest BCUT2D eigenvalue weighted by Crippen LogP contribution is 2.18. The van der Waals surface area contributed by atoms with Crippen molar-refractivity contribution in [2.75, 3.05) is 19.8 Å². The fraction of sp³-hybridized carbons (Fsp3) is 0.333. The summed E-state index contributed by atoms with van der Waals surface area (Å²) in [6, 6.07) is 4.81. The Morgan fingerprint density at radius 3 is 2.48 bits per heavy atom. The maximum Gasteiger partial charge on any atom is 0.261 e. The smallest absolute Gasteiger partial charge is 0.261 e. The van der Waals surface area contributed by atoms with E-state index in [4.69, 9.17) is 15.4 Å². The molecule has 1 N–H and O–H groups in total. The topological polar surface area (TPSA) is 89.5 Å². The van der Waals surface area contributed by atoms with Crippen molar-refractivity contribution >= 4 is 29.8 Å².